The SMILES string of the molecule is CNCC1CCC2(CCCC2)CO1.Cl. The van der Waals surface area contributed by atoms with Gasteiger partial charge < -0.3 is 10.1 Å². The molecular formula is C11H22ClNO. The molecule has 1 aliphatic heterocycles. The van der Waals surface area contributed by atoms with Crippen molar-refractivity contribution in [2.24, 2.45) is 5.41 Å². The lowest BCUT2D eigenvalue weighted by molar-refractivity contribution is -0.0580. The largest absolute Gasteiger partial charge is 0.376 e. The molecule has 14 heavy (non-hydrogen) atoms. The molecule has 2 nitrogen and oxygen atoms in total. The highest BCUT2D eigenvalue weighted by molar-refractivity contribution is 5.85. The highest BCUT2D eigenvalue weighted by Crippen LogP contribution is 2.45. The molecule has 84 valence electrons. The van der Waals surface area contributed by atoms with Crippen LogP contribution in [-0.4, -0.2) is 26.3 Å². The first-order valence-corrected chi connectivity index (χ1v) is 5.61. The molecule has 1 aliphatic carbocycles. The van der Waals surface area contributed by atoms with Crippen LogP contribution in [0.4, 0.5) is 0 Å². The second-order valence-electron chi connectivity index (χ2n) is 4.74. The third kappa shape index (κ3) is 2.62. The number of halogens is 1. The summed E-state index contributed by atoms with van der Waals surface area (Å²) >= 11 is 0. The quantitative estimate of drug-likeness (QED) is 0.770. The zero-order valence-electron chi connectivity index (χ0n) is 9.05. The van der Waals surface area contributed by atoms with Crippen LogP contribution in [0.5, 0.6) is 0 Å². The van der Waals surface area contributed by atoms with Crippen LogP contribution in [0.2, 0.25) is 0 Å². The van der Waals surface area contributed by atoms with Crippen molar-refractivity contribution < 1.29 is 4.74 Å². The van der Waals surface area contributed by atoms with Gasteiger partial charge in [0.1, 0.15) is 0 Å². The van der Waals surface area contributed by atoms with E-state index >= 15 is 0 Å². The van der Waals surface area contributed by atoms with Crippen LogP contribution in [0.25, 0.3) is 0 Å². The number of ether oxygens (including phenoxy) is 1. The Kier molecular flexibility index (Phi) is 4.68. The van der Waals surface area contributed by atoms with E-state index < -0.39 is 0 Å². The van der Waals surface area contributed by atoms with Crippen LogP contribution < -0.4 is 5.32 Å². The van der Waals surface area contributed by atoms with Crippen molar-refractivity contribution in [2.75, 3.05) is 20.2 Å². The lowest BCUT2D eigenvalue weighted by Crippen LogP contribution is -2.38. The predicted octanol–water partition coefficient (Wildman–Crippen LogP) is 2.37. The summed E-state index contributed by atoms with van der Waals surface area (Å²) in [5.74, 6) is 0. The summed E-state index contributed by atoms with van der Waals surface area (Å²) in [4.78, 5) is 0. The summed E-state index contributed by atoms with van der Waals surface area (Å²) in [7, 11) is 2.00. The molecule has 1 atom stereocenters. The third-order valence-corrected chi connectivity index (χ3v) is 3.72. The van der Waals surface area contributed by atoms with Crippen molar-refractivity contribution in [2.45, 2.75) is 44.6 Å². The maximum atomic E-state index is 5.89. The van der Waals surface area contributed by atoms with Crippen molar-refractivity contribution in [1.29, 1.82) is 0 Å². The number of rotatable bonds is 2. The monoisotopic (exact) mass is 219 g/mol. The van der Waals surface area contributed by atoms with Gasteiger partial charge in [-0.1, -0.05) is 12.8 Å². The van der Waals surface area contributed by atoms with Gasteiger partial charge in [0.05, 0.1) is 12.7 Å². The Labute approximate surface area is 93.2 Å². The summed E-state index contributed by atoms with van der Waals surface area (Å²) in [6.07, 6.45) is 8.84. The average Bonchev–Trinajstić information content (AvgIpc) is 2.59. The fourth-order valence-corrected chi connectivity index (χ4v) is 2.83. The molecule has 0 aromatic heterocycles. The molecule has 1 saturated heterocycles. The van der Waals surface area contributed by atoms with Crippen LogP contribution in [-0.2, 0) is 4.74 Å². The van der Waals surface area contributed by atoms with Gasteiger partial charge in [-0.25, -0.2) is 0 Å². The van der Waals surface area contributed by atoms with Crippen molar-refractivity contribution in [1.82, 2.24) is 5.32 Å². The number of nitrogens with one attached hydrogen (secondary N) is 1. The van der Waals surface area contributed by atoms with Crippen molar-refractivity contribution in [3.63, 3.8) is 0 Å². The van der Waals surface area contributed by atoms with Gasteiger partial charge in [0.25, 0.3) is 0 Å². The minimum atomic E-state index is 0. The normalized spacial score (nSPS) is 30.2. The topological polar surface area (TPSA) is 21.3 Å². The van der Waals surface area contributed by atoms with E-state index in [0.717, 1.165) is 13.2 Å². The number of likely N-dealkylation sites (N-methyl/N-ethyl adjacent to an activating group) is 1. The molecule has 1 unspecified atom stereocenters. The molecule has 0 radical (unpaired) electrons. The van der Waals surface area contributed by atoms with Gasteiger partial charge in [-0.2, -0.15) is 0 Å². The fourth-order valence-electron chi connectivity index (χ4n) is 2.83. The zero-order chi connectivity index (χ0) is 9.15. The van der Waals surface area contributed by atoms with E-state index in [1.165, 1.54) is 38.5 Å². The Hall–Kier alpha value is 0.210. The fraction of sp³-hybridized carbons (Fsp3) is 1.00. The minimum Gasteiger partial charge on any atom is -0.376 e. The molecule has 1 spiro atoms. The van der Waals surface area contributed by atoms with Crippen LogP contribution >= 0.6 is 12.4 Å². The summed E-state index contributed by atoms with van der Waals surface area (Å²) in [5, 5.41) is 3.19. The molecule has 3 heteroatoms. The highest BCUT2D eigenvalue weighted by atomic mass is 35.5. The summed E-state index contributed by atoms with van der Waals surface area (Å²) in [6, 6.07) is 0. The zero-order valence-corrected chi connectivity index (χ0v) is 9.87. The van der Waals surface area contributed by atoms with E-state index in [9.17, 15) is 0 Å². The Bertz CT molecular complexity index is 159. The molecule has 1 saturated carbocycles. The second-order valence-corrected chi connectivity index (χ2v) is 4.74. The molecule has 2 rings (SSSR count). The Morgan fingerprint density at radius 1 is 1.29 bits per heavy atom. The number of hydrogen-bond donors (Lipinski definition) is 1. The van der Waals surface area contributed by atoms with Crippen LogP contribution in [0.3, 0.4) is 0 Å². The van der Waals surface area contributed by atoms with Crippen molar-refractivity contribution in [3.8, 4) is 0 Å². The summed E-state index contributed by atoms with van der Waals surface area (Å²) < 4.78 is 5.89. The molecule has 0 aromatic carbocycles. The van der Waals surface area contributed by atoms with Crippen LogP contribution in [0.15, 0.2) is 0 Å². The van der Waals surface area contributed by atoms with E-state index in [4.69, 9.17) is 4.74 Å². The van der Waals surface area contributed by atoms with Gasteiger partial charge in [0.2, 0.25) is 0 Å². The molecule has 0 amide bonds. The van der Waals surface area contributed by atoms with Gasteiger partial charge in [0.15, 0.2) is 0 Å². The van der Waals surface area contributed by atoms with Gasteiger partial charge in [-0.3, -0.25) is 0 Å². The van der Waals surface area contributed by atoms with Gasteiger partial charge in [0, 0.05) is 6.54 Å². The second kappa shape index (κ2) is 5.34. The molecule has 2 fully saturated rings. The third-order valence-electron chi connectivity index (χ3n) is 3.72. The Morgan fingerprint density at radius 3 is 2.50 bits per heavy atom. The molecule has 0 bridgehead atoms. The molecule has 2 aliphatic rings. The van der Waals surface area contributed by atoms with E-state index in [-0.39, 0.29) is 12.4 Å². The van der Waals surface area contributed by atoms with E-state index in [1.54, 1.807) is 0 Å². The Morgan fingerprint density at radius 2 is 2.00 bits per heavy atom. The van der Waals surface area contributed by atoms with Crippen LogP contribution in [0, 0.1) is 5.41 Å². The maximum Gasteiger partial charge on any atom is 0.0699 e. The first kappa shape index (κ1) is 12.3. The van der Waals surface area contributed by atoms with Crippen LogP contribution in [0.1, 0.15) is 38.5 Å². The molecule has 0 aromatic rings. The highest BCUT2D eigenvalue weighted by Gasteiger charge is 2.37. The van der Waals surface area contributed by atoms with Gasteiger partial charge >= 0.3 is 0 Å². The summed E-state index contributed by atoms with van der Waals surface area (Å²) in [5.41, 5.74) is 0.601. The first-order valence-electron chi connectivity index (χ1n) is 5.61. The summed E-state index contributed by atoms with van der Waals surface area (Å²) in [6.45, 7) is 2.05. The molecule has 1 N–H and O–H groups in total. The van der Waals surface area contributed by atoms with Gasteiger partial charge in [-0.15, -0.1) is 12.4 Å². The van der Waals surface area contributed by atoms with E-state index in [2.05, 4.69) is 5.32 Å². The molecular weight excluding hydrogens is 198 g/mol. The predicted molar refractivity (Wildman–Crippen MR) is 61.0 cm³/mol. The van der Waals surface area contributed by atoms with E-state index in [0.29, 0.717) is 11.5 Å². The molecule has 1 heterocycles. The standard InChI is InChI=1S/C11H21NO.ClH/c1-12-8-10-4-7-11(9-13-10)5-2-3-6-11;/h10,12H,2-9H2,1H3;1H. The Balaban J connectivity index is 0.000000980. The first-order chi connectivity index (χ1) is 6.35. The smallest absolute Gasteiger partial charge is 0.0699 e. The minimum absolute atomic E-state index is 0. The van der Waals surface area contributed by atoms with Crippen molar-refractivity contribution in [3.05, 3.63) is 0 Å². The lowest BCUT2D eigenvalue weighted by atomic mass is 9.80. The van der Waals surface area contributed by atoms with E-state index in [1.807, 2.05) is 7.05 Å². The lowest BCUT2D eigenvalue weighted by Gasteiger charge is -2.37. The van der Waals surface area contributed by atoms with Gasteiger partial charge in [-0.05, 0) is 38.1 Å². The number of hydrogen-bond acceptors (Lipinski definition) is 2. The maximum absolute atomic E-state index is 5.89. The van der Waals surface area contributed by atoms with Crippen molar-refractivity contribution >= 4 is 12.4 Å². The average molecular weight is 220 g/mol.